The number of rotatable bonds is 5. The van der Waals surface area contributed by atoms with Crippen LogP contribution in [0.1, 0.15) is 21.5 Å². The number of anilines is 1. The Balaban J connectivity index is 1.95. The second-order valence-electron chi connectivity index (χ2n) is 5.54. The Morgan fingerprint density at radius 2 is 1.88 bits per heavy atom. The van der Waals surface area contributed by atoms with Crippen LogP contribution in [-0.2, 0) is 11.3 Å². The van der Waals surface area contributed by atoms with Crippen molar-refractivity contribution in [1.29, 1.82) is 0 Å². The Kier molecular flexibility index (Phi) is 5.66. The third kappa shape index (κ3) is 4.74. The zero-order chi connectivity index (χ0) is 18.6. The summed E-state index contributed by atoms with van der Waals surface area (Å²) in [5.41, 5.74) is 6.59. The van der Waals surface area contributed by atoms with Crippen LogP contribution in [0, 0.1) is 18.6 Å². The number of nitrogen functional groups attached to an aromatic ring is 1. The summed E-state index contributed by atoms with van der Waals surface area (Å²) in [6, 6.07) is 7.91. The van der Waals surface area contributed by atoms with Gasteiger partial charge in [-0.2, -0.15) is 0 Å². The molecule has 0 aliphatic heterocycles. The zero-order valence-electron chi connectivity index (χ0n) is 13.6. The average Bonchev–Trinajstić information content (AvgIpc) is 2.55. The fourth-order valence-corrected chi connectivity index (χ4v) is 2.14. The quantitative estimate of drug-likeness (QED) is 0.330. The van der Waals surface area contributed by atoms with Gasteiger partial charge >= 0.3 is 0 Å². The largest absolute Gasteiger partial charge is 0.398 e. The third-order valence-corrected chi connectivity index (χ3v) is 3.51. The minimum absolute atomic E-state index is 0.0454. The lowest BCUT2D eigenvalue weighted by Crippen LogP contribution is -2.45. The molecule has 0 saturated heterocycles. The molecule has 5 N–H and O–H groups in total. The van der Waals surface area contributed by atoms with Crippen LogP contribution in [0.2, 0.25) is 0 Å². The predicted molar refractivity (Wildman–Crippen MR) is 89.0 cm³/mol. The molecule has 0 spiro atoms. The van der Waals surface area contributed by atoms with Crippen molar-refractivity contribution in [2.24, 2.45) is 5.84 Å². The maximum absolute atomic E-state index is 13.7. The SMILES string of the molecule is Cc1ccc(CNC(=O)CN(N)C(=O)c2cc(F)ccc2N)c(F)c1. The van der Waals surface area contributed by atoms with Gasteiger partial charge in [0.1, 0.15) is 18.2 Å². The van der Waals surface area contributed by atoms with Crippen molar-refractivity contribution < 1.29 is 18.4 Å². The molecule has 0 atom stereocenters. The van der Waals surface area contributed by atoms with Crippen molar-refractivity contribution in [2.45, 2.75) is 13.5 Å². The average molecular weight is 348 g/mol. The molecule has 2 rings (SSSR count). The fraction of sp³-hybridized carbons (Fsp3) is 0.176. The van der Waals surface area contributed by atoms with E-state index in [0.29, 0.717) is 10.6 Å². The van der Waals surface area contributed by atoms with Gasteiger partial charge in [0.15, 0.2) is 0 Å². The zero-order valence-corrected chi connectivity index (χ0v) is 13.6. The topological polar surface area (TPSA) is 101 Å². The Bertz CT molecular complexity index is 811. The number of aryl methyl sites for hydroxylation is 1. The van der Waals surface area contributed by atoms with Crippen LogP contribution in [0.15, 0.2) is 36.4 Å². The second-order valence-corrected chi connectivity index (χ2v) is 5.54. The molecule has 6 nitrogen and oxygen atoms in total. The van der Waals surface area contributed by atoms with Crippen LogP contribution in [0.3, 0.4) is 0 Å². The lowest BCUT2D eigenvalue weighted by Gasteiger charge is -2.17. The van der Waals surface area contributed by atoms with Crippen LogP contribution in [0.25, 0.3) is 0 Å². The van der Waals surface area contributed by atoms with E-state index in [9.17, 15) is 18.4 Å². The van der Waals surface area contributed by atoms with Crippen molar-refractivity contribution in [2.75, 3.05) is 12.3 Å². The van der Waals surface area contributed by atoms with Gasteiger partial charge in [0.25, 0.3) is 5.91 Å². The minimum Gasteiger partial charge on any atom is -0.398 e. The van der Waals surface area contributed by atoms with Gasteiger partial charge in [-0.05, 0) is 36.8 Å². The highest BCUT2D eigenvalue weighted by Gasteiger charge is 2.18. The molecule has 0 saturated carbocycles. The number of halogens is 2. The first kappa shape index (κ1) is 18.3. The monoisotopic (exact) mass is 348 g/mol. The molecule has 0 fully saturated rings. The molecule has 132 valence electrons. The lowest BCUT2D eigenvalue weighted by atomic mass is 10.1. The Morgan fingerprint density at radius 3 is 2.56 bits per heavy atom. The van der Waals surface area contributed by atoms with Gasteiger partial charge in [0, 0.05) is 17.8 Å². The van der Waals surface area contributed by atoms with E-state index in [1.165, 1.54) is 12.1 Å². The first-order chi connectivity index (χ1) is 11.8. The van der Waals surface area contributed by atoms with E-state index < -0.39 is 30.0 Å². The number of benzene rings is 2. The standard InChI is InChI=1S/C17H18F2N4O2/c1-10-2-3-11(14(19)6-10)8-22-16(24)9-23(21)17(25)13-7-12(18)4-5-15(13)20/h2-7H,8-9,20-21H2,1H3,(H,22,24). The number of amides is 2. The summed E-state index contributed by atoms with van der Waals surface area (Å²) in [5, 5.41) is 3.08. The molecule has 0 aliphatic carbocycles. The van der Waals surface area contributed by atoms with Crippen LogP contribution in [-0.4, -0.2) is 23.4 Å². The highest BCUT2D eigenvalue weighted by molar-refractivity contribution is 6.00. The summed E-state index contributed by atoms with van der Waals surface area (Å²) in [7, 11) is 0. The molecular formula is C17H18F2N4O2. The number of hydrazine groups is 1. The maximum Gasteiger partial charge on any atom is 0.270 e. The van der Waals surface area contributed by atoms with Crippen molar-refractivity contribution in [3.63, 3.8) is 0 Å². The third-order valence-electron chi connectivity index (χ3n) is 3.51. The highest BCUT2D eigenvalue weighted by Crippen LogP contribution is 2.15. The minimum atomic E-state index is -0.798. The number of nitrogens with one attached hydrogen (secondary N) is 1. The van der Waals surface area contributed by atoms with E-state index in [1.807, 2.05) is 0 Å². The van der Waals surface area contributed by atoms with Gasteiger partial charge in [-0.3, -0.25) is 14.6 Å². The molecular weight excluding hydrogens is 330 g/mol. The molecule has 2 aromatic carbocycles. The Hall–Kier alpha value is -3.00. The first-order valence-electron chi connectivity index (χ1n) is 7.41. The summed E-state index contributed by atoms with van der Waals surface area (Å²) >= 11 is 0. The normalized spacial score (nSPS) is 10.4. The highest BCUT2D eigenvalue weighted by atomic mass is 19.1. The fourth-order valence-electron chi connectivity index (χ4n) is 2.14. The molecule has 2 amide bonds. The molecule has 25 heavy (non-hydrogen) atoms. The van der Waals surface area contributed by atoms with E-state index >= 15 is 0 Å². The number of hydrogen-bond acceptors (Lipinski definition) is 4. The molecule has 2 aromatic rings. The van der Waals surface area contributed by atoms with E-state index in [0.717, 1.165) is 17.7 Å². The smallest absolute Gasteiger partial charge is 0.270 e. The maximum atomic E-state index is 13.7. The van der Waals surface area contributed by atoms with Gasteiger partial charge in [0.2, 0.25) is 5.91 Å². The number of hydrogen-bond donors (Lipinski definition) is 3. The molecule has 0 aliphatic rings. The van der Waals surface area contributed by atoms with E-state index in [1.54, 1.807) is 19.1 Å². The lowest BCUT2D eigenvalue weighted by molar-refractivity contribution is -0.122. The van der Waals surface area contributed by atoms with Crippen LogP contribution in [0.4, 0.5) is 14.5 Å². The van der Waals surface area contributed by atoms with Gasteiger partial charge in [-0.25, -0.2) is 14.6 Å². The van der Waals surface area contributed by atoms with Crippen LogP contribution < -0.4 is 16.9 Å². The number of carbonyl (C=O) groups excluding carboxylic acids is 2. The first-order valence-corrected chi connectivity index (χ1v) is 7.41. The predicted octanol–water partition coefficient (Wildman–Crippen LogP) is 1.49. The number of nitrogens with zero attached hydrogens (tertiary/aromatic N) is 1. The molecule has 0 aromatic heterocycles. The summed E-state index contributed by atoms with van der Waals surface area (Å²) in [5.74, 6) is 3.08. The Morgan fingerprint density at radius 1 is 1.16 bits per heavy atom. The summed E-state index contributed by atoms with van der Waals surface area (Å²) in [4.78, 5) is 24.0. The van der Waals surface area contributed by atoms with Crippen molar-refractivity contribution in [3.8, 4) is 0 Å². The van der Waals surface area contributed by atoms with E-state index in [-0.39, 0.29) is 17.8 Å². The van der Waals surface area contributed by atoms with Gasteiger partial charge in [-0.1, -0.05) is 12.1 Å². The molecule has 8 heteroatoms. The van der Waals surface area contributed by atoms with Gasteiger partial charge in [0.05, 0.1) is 5.56 Å². The van der Waals surface area contributed by atoms with Crippen LogP contribution >= 0.6 is 0 Å². The summed E-state index contributed by atoms with van der Waals surface area (Å²) < 4.78 is 26.9. The van der Waals surface area contributed by atoms with Crippen LogP contribution in [0.5, 0.6) is 0 Å². The Labute approximate surface area is 143 Å². The van der Waals surface area contributed by atoms with E-state index in [2.05, 4.69) is 5.32 Å². The molecule has 0 heterocycles. The van der Waals surface area contributed by atoms with Gasteiger partial charge in [-0.15, -0.1) is 0 Å². The summed E-state index contributed by atoms with van der Waals surface area (Å²) in [6.45, 7) is 1.22. The number of nitrogens with two attached hydrogens (primary N) is 2. The molecule has 0 bridgehead atoms. The van der Waals surface area contributed by atoms with E-state index in [4.69, 9.17) is 11.6 Å². The summed E-state index contributed by atoms with van der Waals surface area (Å²) in [6.07, 6.45) is 0. The van der Waals surface area contributed by atoms with Crippen molar-refractivity contribution in [3.05, 3.63) is 64.7 Å². The number of carbonyl (C=O) groups is 2. The van der Waals surface area contributed by atoms with Crippen molar-refractivity contribution >= 4 is 17.5 Å². The molecule has 0 radical (unpaired) electrons. The van der Waals surface area contributed by atoms with Crippen molar-refractivity contribution in [1.82, 2.24) is 10.3 Å². The van der Waals surface area contributed by atoms with Gasteiger partial charge < -0.3 is 11.1 Å². The molecule has 0 unspecified atom stereocenters. The second kappa shape index (κ2) is 7.71.